The van der Waals surface area contributed by atoms with Crippen LogP contribution < -0.4 is 4.90 Å². The Labute approximate surface area is 312 Å². The first kappa shape index (κ1) is 30.5. The van der Waals surface area contributed by atoms with Crippen LogP contribution in [0.1, 0.15) is 0 Å². The molecule has 0 aliphatic rings. The number of hydrogen-bond donors (Lipinski definition) is 0. The molecule has 0 saturated carbocycles. The van der Waals surface area contributed by atoms with E-state index in [1.54, 1.807) is 0 Å². The van der Waals surface area contributed by atoms with Gasteiger partial charge in [0.15, 0.2) is 0 Å². The average molecular weight is 688 g/mol. The van der Waals surface area contributed by atoms with Gasteiger partial charge in [0.25, 0.3) is 0 Å². The van der Waals surface area contributed by atoms with E-state index in [0.717, 1.165) is 55.5 Å². The van der Waals surface area contributed by atoms with Crippen LogP contribution in [0.25, 0.3) is 87.3 Å². The summed E-state index contributed by atoms with van der Waals surface area (Å²) in [7, 11) is 0. The molecule has 11 rings (SSSR count). The van der Waals surface area contributed by atoms with Crippen LogP contribution in [0.15, 0.2) is 205 Å². The molecule has 0 fully saturated rings. The molecule has 1 heterocycles. The summed E-state index contributed by atoms with van der Waals surface area (Å²) in [6, 6.07) is 72.3. The van der Waals surface area contributed by atoms with E-state index in [2.05, 4.69) is 205 Å². The molecule has 2 heteroatoms. The summed E-state index contributed by atoms with van der Waals surface area (Å²) in [5.41, 5.74) is 9.81. The average Bonchev–Trinajstić information content (AvgIpc) is 3.64. The Morgan fingerprint density at radius 1 is 0.315 bits per heavy atom. The molecular formula is C52H33NO. The van der Waals surface area contributed by atoms with Crippen molar-refractivity contribution in [2.75, 3.05) is 4.90 Å². The quantitative estimate of drug-likeness (QED) is 0.168. The maximum atomic E-state index is 6.67. The van der Waals surface area contributed by atoms with Crippen molar-refractivity contribution in [1.82, 2.24) is 0 Å². The van der Waals surface area contributed by atoms with E-state index in [-0.39, 0.29) is 0 Å². The second-order valence-corrected chi connectivity index (χ2v) is 14.0. The topological polar surface area (TPSA) is 16.4 Å². The molecule has 0 saturated heterocycles. The smallest absolute Gasteiger partial charge is 0.143 e. The van der Waals surface area contributed by atoms with Crippen LogP contribution in [0, 0.1) is 0 Å². The van der Waals surface area contributed by atoms with Crippen molar-refractivity contribution in [1.29, 1.82) is 0 Å². The zero-order valence-electron chi connectivity index (χ0n) is 29.4. The van der Waals surface area contributed by atoms with Gasteiger partial charge in [-0.2, -0.15) is 0 Å². The lowest BCUT2D eigenvalue weighted by molar-refractivity contribution is 0.673. The first-order valence-corrected chi connectivity index (χ1v) is 18.5. The van der Waals surface area contributed by atoms with Gasteiger partial charge >= 0.3 is 0 Å². The number of anilines is 3. The standard InChI is InChI=1S/C52H33NO/c1-4-16-39-34(12-1)15-9-20-40(39)37-26-30-38(31-27-37)53(49-24-10-21-43-41-17-5-2-13-35(41)28-32-45(43)49)48-23-8-7-19-44(48)46-22-11-25-50-51(46)47-33-29-36-14-3-6-18-42(36)52(47)54-50/h1-33H. The molecule has 0 amide bonds. The Morgan fingerprint density at radius 3 is 1.70 bits per heavy atom. The SMILES string of the molecule is c1ccc(N(c2ccc(-c3cccc4ccccc34)cc2)c2cccc3c2ccc2ccccc23)c(-c2cccc3oc4c5ccccc5ccc4c23)c1. The Morgan fingerprint density at radius 2 is 0.870 bits per heavy atom. The molecule has 11 aromatic rings. The van der Waals surface area contributed by atoms with E-state index in [0.29, 0.717) is 0 Å². The molecule has 0 atom stereocenters. The largest absolute Gasteiger partial charge is 0.455 e. The minimum absolute atomic E-state index is 0.885. The van der Waals surface area contributed by atoms with Gasteiger partial charge in [-0.15, -0.1) is 0 Å². The summed E-state index contributed by atoms with van der Waals surface area (Å²) >= 11 is 0. The minimum Gasteiger partial charge on any atom is -0.455 e. The Balaban J connectivity index is 1.16. The predicted molar refractivity (Wildman–Crippen MR) is 229 cm³/mol. The van der Waals surface area contributed by atoms with E-state index < -0.39 is 0 Å². The normalized spacial score (nSPS) is 11.7. The van der Waals surface area contributed by atoms with Gasteiger partial charge < -0.3 is 9.32 Å². The summed E-state index contributed by atoms with van der Waals surface area (Å²) in [5.74, 6) is 0. The molecule has 0 radical (unpaired) electrons. The highest BCUT2D eigenvalue weighted by Crippen LogP contribution is 2.47. The molecule has 0 unspecified atom stereocenters. The molecule has 0 aliphatic heterocycles. The van der Waals surface area contributed by atoms with Crippen LogP contribution in [0.3, 0.4) is 0 Å². The first-order valence-electron chi connectivity index (χ1n) is 18.5. The van der Waals surface area contributed by atoms with Crippen molar-refractivity contribution in [3.63, 3.8) is 0 Å². The van der Waals surface area contributed by atoms with Crippen LogP contribution in [0.2, 0.25) is 0 Å². The fraction of sp³-hybridized carbons (Fsp3) is 0. The summed E-state index contributed by atoms with van der Waals surface area (Å²) in [5, 5.41) is 12.0. The first-order chi connectivity index (χ1) is 26.8. The lowest BCUT2D eigenvalue weighted by Crippen LogP contribution is -2.11. The second kappa shape index (κ2) is 12.2. The van der Waals surface area contributed by atoms with Crippen LogP contribution in [0.5, 0.6) is 0 Å². The number of furan rings is 1. The van der Waals surface area contributed by atoms with Crippen molar-refractivity contribution in [2.45, 2.75) is 0 Å². The van der Waals surface area contributed by atoms with Crippen LogP contribution in [0.4, 0.5) is 17.1 Å². The highest BCUT2D eigenvalue weighted by atomic mass is 16.3. The van der Waals surface area contributed by atoms with Gasteiger partial charge in [-0.25, -0.2) is 0 Å². The van der Waals surface area contributed by atoms with E-state index in [9.17, 15) is 0 Å². The molecule has 0 spiro atoms. The molecule has 0 N–H and O–H groups in total. The molecular weight excluding hydrogens is 655 g/mol. The molecule has 252 valence electrons. The number of para-hydroxylation sites is 1. The maximum Gasteiger partial charge on any atom is 0.143 e. The number of benzene rings is 10. The summed E-state index contributed by atoms with van der Waals surface area (Å²) in [6.45, 7) is 0. The van der Waals surface area contributed by atoms with Gasteiger partial charge in [0.2, 0.25) is 0 Å². The zero-order valence-corrected chi connectivity index (χ0v) is 29.4. The number of nitrogens with zero attached hydrogens (tertiary/aromatic N) is 1. The monoisotopic (exact) mass is 687 g/mol. The third kappa shape index (κ3) is 4.74. The van der Waals surface area contributed by atoms with Gasteiger partial charge in [-0.3, -0.25) is 0 Å². The van der Waals surface area contributed by atoms with Gasteiger partial charge in [0.1, 0.15) is 11.2 Å². The molecule has 2 nitrogen and oxygen atoms in total. The minimum atomic E-state index is 0.885. The van der Waals surface area contributed by atoms with E-state index >= 15 is 0 Å². The van der Waals surface area contributed by atoms with Gasteiger partial charge in [0, 0.05) is 32.8 Å². The van der Waals surface area contributed by atoms with Crippen molar-refractivity contribution in [2.24, 2.45) is 0 Å². The fourth-order valence-corrected chi connectivity index (χ4v) is 8.57. The Hall–Kier alpha value is -7.16. The van der Waals surface area contributed by atoms with Crippen molar-refractivity contribution in [3.8, 4) is 22.3 Å². The number of fused-ring (bicyclic) bond motifs is 9. The van der Waals surface area contributed by atoms with E-state index in [4.69, 9.17) is 4.42 Å². The molecule has 0 aliphatic carbocycles. The lowest BCUT2D eigenvalue weighted by atomic mass is 9.95. The van der Waals surface area contributed by atoms with Crippen LogP contribution in [-0.4, -0.2) is 0 Å². The summed E-state index contributed by atoms with van der Waals surface area (Å²) in [6.07, 6.45) is 0. The second-order valence-electron chi connectivity index (χ2n) is 14.0. The van der Waals surface area contributed by atoms with Crippen molar-refractivity contribution >= 4 is 82.1 Å². The molecule has 0 bridgehead atoms. The molecule has 54 heavy (non-hydrogen) atoms. The van der Waals surface area contributed by atoms with Gasteiger partial charge in [-0.1, -0.05) is 164 Å². The lowest BCUT2D eigenvalue weighted by Gasteiger charge is -2.29. The maximum absolute atomic E-state index is 6.67. The van der Waals surface area contributed by atoms with Crippen molar-refractivity contribution < 1.29 is 4.42 Å². The molecule has 10 aromatic carbocycles. The highest BCUT2D eigenvalue weighted by Gasteiger charge is 2.22. The van der Waals surface area contributed by atoms with Crippen LogP contribution >= 0.6 is 0 Å². The Bertz CT molecular complexity index is 3220. The van der Waals surface area contributed by atoms with E-state index in [1.807, 2.05) is 0 Å². The zero-order chi connectivity index (χ0) is 35.6. The summed E-state index contributed by atoms with van der Waals surface area (Å²) < 4.78 is 6.67. The molecule has 1 aromatic heterocycles. The number of rotatable bonds is 5. The van der Waals surface area contributed by atoms with Gasteiger partial charge in [0.05, 0.1) is 11.4 Å². The summed E-state index contributed by atoms with van der Waals surface area (Å²) in [4.78, 5) is 2.44. The fourth-order valence-electron chi connectivity index (χ4n) is 8.57. The number of hydrogen-bond acceptors (Lipinski definition) is 2. The van der Waals surface area contributed by atoms with E-state index in [1.165, 1.54) is 48.8 Å². The third-order valence-corrected chi connectivity index (χ3v) is 11.1. The van der Waals surface area contributed by atoms with Crippen LogP contribution in [-0.2, 0) is 0 Å². The highest BCUT2D eigenvalue weighted by molar-refractivity contribution is 6.20. The van der Waals surface area contributed by atoms with Gasteiger partial charge in [-0.05, 0) is 85.4 Å². The Kier molecular flexibility index (Phi) is 6.90. The van der Waals surface area contributed by atoms with Crippen molar-refractivity contribution in [3.05, 3.63) is 200 Å². The predicted octanol–water partition coefficient (Wildman–Crippen LogP) is 15.0. The third-order valence-electron chi connectivity index (χ3n) is 11.1.